The zero-order valence-electron chi connectivity index (χ0n) is 18.0. The minimum Gasteiger partial charge on any atom is -0.397 e. The molecule has 0 fully saturated rings. The second-order valence-electron chi connectivity index (χ2n) is 7.92. The van der Waals surface area contributed by atoms with Gasteiger partial charge < -0.3 is 20.6 Å². The third-order valence-corrected chi connectivity index (χ3v) is 5.76. The van der Waals surface area contributed by atoms with Crippen LogP contribution in [0.4, 0.5) is 11.4 Å². The number of nitrogens with zero attached hydrogens (tertiary/aromatic N) is 1. The maximum Gasteiger partial charge on any atom is 0.274 e. The predicted octanol–water partition coefficient (Wildman–Crippen LogP) is 5.04. The number of nitrogens with one attached hydrogen (secondary N) is 2. The first-order valence-corrected chi connectivity index (χ1v) is 10.5. The lowest BCUT2D eigenvalue weighted by Crippen LogP contribution is -2.16. The highest BCUT2D eigenvalue weighted by atomic mass is 16.1. The standard InChI is InChI=1S/C27H22N4O2/c1-31-16-22(21-13-14-29-25(21)27(31)33)18-7-9-19(10-8-18)26(32)30-24-15-20(11-12-23(24)28)17-5-3-2-4-6-17/h2-16,29H,28H2,1H3,(H,30,32). The first-order chi connectivity index (χ1) is 16.0. The molecule has 2 aromatic heterocycles. The van der Waals surface area contributed by atoms with E-state index in [9.17, 15) is 9.59 Å². The molecule has 0 radical (unpaired) electrons. The second kappa shape index (κ2) is 8.16. The third-order valence-electron chi connectivity index (χ3n) is 5.76. The monoisotopic (exact) mass is 434 g/mol. The lowest BCUT2D eigenvalue weighted by molar-refractivity contribution is 0.102. The van der Waals surface area contributed by atoms with Crippen LogP contribution in [0.15, 0.2) is 96.1 Å². The first-order valence-electron chi connectivity index (χ1n) is 10.5. The van der Waals surface area contributed by atoms with Gasteiger partial charge >= 0.3 is 0 Å². The molecule has 3 aromatic carbocycles. The number of carbonyl (C=O) groups is 1. The average Bonchev–Trinajstić information content (AvgIpc) is 3.34. The number of carbonyl (C=O) groups excluding carboxylic acids is 1. The van der Waals surface area contributed by atoms with Crippen LogP contribution >= 0.6 is 0 Å². The molecule has 33 heavy (non-hydrogen) atoms. The number of rotatable bonds is 4. The van der Waals surface area contributed by atoms with Crippen LogP contribution in [0.2, 0.25) is 0 Å². The van der Waals surface area contributed by atoms with Gasteiger partial charge in [-0.15, -0.1) is 0 Å². The first kappa shape index (κ1) is 20.3. The fraction of sp³-hybridized carbons (Fsp3) is 0.0370. The molecule has 162 valence electrons. The van der Waals surface area contributed by atoms with Crippen LogP contribution in [0.1, 0.15) is 10.4 Å². The molecule has 0 bridgehead atoms. The van der Waals surface area contributed by atoms with Crippen molar-refractivity contribution in [1.29, 1.82) is 0 Å². The molecule has 0 saturated carbocycles. The number of aromatic nitrogens is 2. The van der Waals surface area contributed by atoms with Crippen LogP contribution in [0, 0.1) is 0 Å². The quantitative estimate of drug-likeness (QED) is 0.346. The van der Waals surface area contributed by atoms with Crippen LogP contribution in [0.3, 0.4) is 0 Å². The summed E-state index contributed by atoms with van der Waals surface area (Å²) >= 11 is 0. The van der Waals surface area contributed by atoms with E-state index in [4.69, 9.17) is 5.73 Å². The smallest absolute Gasteiger partial charge is 0.274 e. The van der Waals surface area contributed by atoms with E-state index in [2.05, 4.69) is 10.3 Å². The fourth-order valence-corrected chi connectivity index (χ4v) is 3.97. The van der Waals surface area contributed by atoms with Gasteiger partial charge in [-0.05, 0) is 47.0 Å². The molecule has 0 aliphatic rings. The molecule has 0 aliphatic carbocycles. The van der Waals surface area contributed by atoms with Crippen molar-refractivity contribution < 1.29 is 4.79 Å². The molecule has 2 heterocycles. The van der Waals surface area contributed by atoms with Gasteiger partial charge in [0.15, 0.2) is 0 Å². The number of aryl methyl sites for hydroxylation is 1. The number of fused-ring (bicyclic) bond motifs is 1. The molecule has 6 nitrogen and oxygen atoms in total. The van der Waals surface area contributed by atoms with Gasteiger partial charge in [-0.25, -0.2) is 0 Å². The van der Waals surface area contributed by atoms with E-state index < -0.39 is 0 Å². The van der Waals surface area contributed by atoms with E-state index in [1.807, 2.05) is 66.9 Å². The molecule has 5 aromatic rings. The number of anilines is 2. The molecule has 0 atom stereocenters. The summed E-state index contributed by atoms with van der Waals surface area (Å²) in [5.41, 5.74) is 12.0. The molecular formula is C27H22N4O2. The maximum atomic E-state index is 12.9. The molecule has 5 rings (SSSR count). The zero-order chi connectivity index (χ0) is 22.9. The van der Waals surface area contributed by atoms with Gasteiger partial charge in [0.1, 0.15) is 5.52 Å². The van der Waals surface area contributed by atoms with Crippen molar-refractivity contribution in [2.75, 3.05) is 11.1 Å². The Morgan fingerprint density at radius 3 is 2.39 bits per heavy atom. The van der Waals surface area contributed by atoms with Crippen molar-refractivity contribution in [2.24, 2.45) is 7.05 Å². The highest BCUT2D eigenvalue weighted by Crippen LogP contribution is 2.29. The number of amides is 1. The summed E-state index contributed by atoms with van der Waals surface area (Å²) in [4.78, 5) is 28.2. The molecule has 6 heteroatoms. The Labute approximate surface area is 190 Å². The van der Waals surface area contributed by atoms with E-state index in [1.165, 1.54) is 0 Å². The Balaban J connectivity index is 1.42. The SMILES string of the molecule is Cn1cc(-c2ccc(C(=O)Nc3cc(-c4ccccc4)ccc3N)cc2)c2cc[nH]c2c1=O. The van der Waals surface area contributed by atoms with Gasteiger partial charge in [-0.2, -0.15) is 0 Å². The molecule has 0 spiro atoms. The summed E-state index contributed by atoms with van der Waals surface area (Å²) in [6, 6.07) is 24.7. The number of hydrogen-bond donors (Lipinski definition) is 3. The Morgan fingerprint density at radius 1 is 0.909 bits per heavy atom. The number of aromatic amines is 1. The topological polar surface area (TPSA) is 92.9 Å². The van der Waals surface area contributed by atoms with E-state index in [1.54, 1.807) is 36.0 Å². The van der Waals surface area contributed by atoms with Crippen LogP contribution in [0.25, 0.3) is 33.2 Å². The molecule has 4 N–H and O–H groups in total. The van der Waals surface area contributed by atoms with Crippen LogP contribution < -0.4 is 16.6 Å². The minimum absolute atomic E-state index is 0.0786. The number of H-pyrrole nitrogens is 1. The average molecular weight is 434 g/mol. The number of nitrogens with two attached hydrogens (primary N) is 1. The summed E-state index contributed by atoms with van der Waals surface area (Å²) < 4.78 is 1.55. The maximum absolute atomic E-state index is 12.9. The van der Waals surface area contributed by atoms with Crippen LogP contribution in [-0.2, 0) is 7.05 Å². The van der Waals surface area contributed by atoms with Gasteiger partial charge in [0.05, 0.1) is 11.4 Å². The van der Waals surface area contributed by atoms with Crippen molar-refractivity contribution in [2.45, 2.75) is 0 Å². The molecule has 0 unspecified atom stereocenters. The highest BCUT2D eigenvalue weighted by molar-refractivity contribution is 6.06. The van der Waals surface area contributed by atoms with E-state index in [-0.39, 0.29) is 11.5 Å². The summed E-state index contributed by atoms with van der Waals surface area (Å²) in [6.07, 6.45) is 3.56. The van der Waals surface area contributed by atoms with Gasteiger partial charge in [0.2, 0.25) is 0 Å². The van der Waals surface area contributed by atoms with Crippen LogP contribution in [0.5, 0.6) is 0 Å². The van der Waals surface area contributed by atoms with E-state index in [0.29, 0.717) is 22.5 Å². The Bertz CT molecular complexity index is 1530. The van der Waals surface area contributed by atoms with Crippen LogP contribution in [-0.4, -0.2) is 15.5 Å². The summed E-state index contributed by atoms with van der Waals surface area (Å²) in [5, 5.41) is 3.77. The van der Waals surface area contributed by atoms with Gasteiger partial charge in [0.25, 0.3) is 11.5 Å². The number of pyridine rings is 1. The number of benzene rings is 3. The van der Waals surface area contributed by atoms with Crippen molar-refractivity contribution in [3.63, 3.8) is 0 Å². The minimum atomic E-state index is -0.245. The van der Waals surface area contributed by atoms with Crippen molar-refractivity contribution in [3.8, 4) is 22.3 Å². The Morgan fingerprint density at radius 2 is 1.64 bits per heavy atom. The van der Waals surface area contributed by atoms with Gasteiger partial charge in [-0.3, -0.25) is 9.59 Å². The molecule has 0 saturated heterocycles. The van der Waals surface area contributed by atoms with Crippen molar-refractivity contribution >= 4 is 28.2 Å². The van der Waals surface area contributed by atoms with Gasteiger partial charge in [-0.1, -0.05) is 48.5 Å². The fourth-order valence-electron chi connectivity index (χ4n) is 3.97. The summed E-state index contributed by atoms with van der Waals surface area (Å²) in [5.74, 6) is -0.245. The highest BCUT2D eigenvalue weighted by Gasteiger charge is 2.13. The predicted molar refractivity (Wildman–Crippen MR) is 133 cm³/mol. The molecule has 0 aliphatic heterocycles. The second-order valence-corrected chi connectivity index (χ2v) is 7.92. The summed E-state index contributed by atoms with van der Waals surface area (Å²) in [7, 11) is 1.72. The number of hydrogen-bond acceptors (Lipinski definition) is 3. The normalized spacial score (nSPS) is 10.9. The lowest BCUT2D eigenvalue weighted by atomic mass is 10.0. The lowest BCUT2D eigenvalue weighted by Gasteiger charge is -2.12. The van der Waals surface area contributed by atoms with E-state index in [0.717, 1.165) is 27.6 Å². The number of nitrogen functional groups attached to an aromatic ring is 1. The zero-order valence-corrected chi connectivity index (χ0v) is 18.0. The summed E-state index contributed by atoms with van der Waals surface area (Å²) in [6.45, 7) is 0. The Hall–Kier alpha value is -4.58. The largest absolute Gasteiger partial charge is 0.397 e. The Kier molecular flexibility index (Phi) is 5.03. The van der Waals surface area contributed by atoms with Gasteiger partial charge in [0, 0.05) is 36.0 Å². The van der Waals surface area contributed by atoms with Crippen molar-refractivity contribution in [1.82, 2.24) is 9.55 Å². The van der Waals surface area contributed by atoms with Crippen molar-refractivity contribution in [3.05, 3.63) is 107 Å². The molecule has 1 amide bonds. The third kappa shape index (κ3) is 3.78. The van der Waals surface area contributed by atoms with E-state index >= 15 is 0 Å². The molecular weight excluding hydrogens is 412 g/mol.